The van der Waals surface area contributed by atoms with Crippen LogP contribution in [0.4, 0.5) is 16.2 Å². The van der Waals surface area contributed by atoms with Gasteiger partial charge in [-0.15, -0.1) is 0 Å². The molecule has 2 N–H and O–H groups in total. The average molecular weight is 479 g/mol. The molecule has 152 valence electrons. The van der Waals surface area contributed by atoms with Crippen LogP contribution in [0, 0.1) is 18.3 Å². The Morgan fingerprint density at radius 2 is 1.50 bits per heavy atom. The first-order valence-corrected chi connectivity index (χ1v) is 10.3. The van der Waals surface area contributed by atoms with Crippen molar-refractivity contribution >= 4 is 63.8 Å². The first-order valence-electron chi connectivity index (χ1n) is 8.76. The summed E-state index contributed by atoms with van der Waals surface area (Å²) in [6, 6.07) is 17.0. The summed E-state index contributed by atoms with van der Waals surface area (Å²) in [6.07, 6.45) is 0. The van der Waals surface area contributed by atoms with Crippen LogP contribution < -0.4 is 10.6 Å². The number of rotatable bonds is 4. The van der Waals surface area contributed by atoms with E-state index in [9.17, 15) is 10.1 Å². The van der Waals surface area contributed by atoms with Gasteiger partial charge in [0.25, 0.3) is 0 Å². The van der Waals surface area contributed by atoms with E-state index in [4.69, 9.17) is 46.4 Å². The number of nitriles is 1. The van der Waals surface area contributed by atoms with Gasteiger partial charge < -0.3 is 10.6 Å². The minimum Gasteiger partial charge on any atom is -0.307 e. The second kappa shape index (κ2) is 9.59. The standard InChI is InChI=1S/C22H15Cl4N3O/c1-12-8-16(17(11-27)13-2-4-14(23)5-3-13)18(25)10-21(12)29-22(30)28-20-7-6-15(24)9-19(20)26/h2-10,17H,1H3,(H2,28,29,30). The number of carbonyl (C=O) groups is 1. The van der Waals surface area contributed by atoms with Crippen molar-refractivity contribution in [2.24, 2.45) is 0 Å². The maximum Gasteiger partial charge on any atom is 0.323 e. The molecule has 0 aliphatic rings. The zero-order valence-electron chi connectivity index (χ0n) is 15.6. The molecule has 3 aromatic rings. The lowest BCUT2D eigenvalue weighted by Crippen LogP contribution is -2.20. The highest BCUT2D eigenvalue weighted by Crippen LogP contribution is 2.34. The third-order valence-electron chi connectivity index (χ3n) is 4.41. The van der Waals surface area contributed by atoms with Crippen molar-refractivity contribution in [1.82, 2.24) is 0 Å². The number of halogens is 4. The number of anilines is 2. The van der Waals surface area contributed by atoms with E-state index in [1.165, 1.54) is 6.07 Å². The van der Waals surface area contributed by atoms with E-state index in [1.54, 1.807) is 48.5 Å². The number of urea groups is 1. The van der Waals surface area contributed by atoms with Crippen molar-refractivity contribution in [3.05, 3.63) is 91.4 Å². The Kier molecular flexibility index (Phi) is 7.12. The molecule has 0 aliphatic carbocycles. The van der Waals surface area contributed by atoms with Gasteiger partial charge in [-0.1, -0.05) is 64.6 Å². The number of amides is 2. The van der Waals surface area contributed by atoms with Crippen LogP contribution >= 0.6 is 46.4 Å². The highest BCUT2D eigenvalue weighted by Gasteiger charge is 2.19. The third kappa shape index (κ3) is 5.19. The Bertz CT molecular complexity index is 1140. The second-order valence-electron chi connectivity index (χ2n) is 6.51. The van der Waals surface area contributed by atoms with E-state index in [2.05, 4.69) is 16.7 Å². The molecule has 2 amide bonds. The highest BCUT2D eigenvalue weighted by molar-refractivity contribution is 6.36. The fourth-order valence-corrected chi connectivity index (χ4v) is 3.76. The summed E-state index contributed by atoms with van der Waals surface area (Å²) in [5.41, 5.74) is 3.11. The van der Waals surface area contributed by atoms with Crippen LogP contribution in [0.15, 0.2) is 54.6 Å². The first-order chi connectivity index (χ1) is 14.3. The Morgan fingerprint density at radius 3 is 2.13 bits per heavy atom. The van der Waals surface area contributed by atoms with Crippen LogP contribution in [0.2, 0.25) is 20.1 Å². The molecule has 0 radical (unpaired) electrons. The van der Waals surface area contributed by atoms with E-state index < -0.39 is 11.9 Å². The van der Waals surface area contributed by atoms with Crippen LogP contribution in [0.5, 0.6) is 0 Å². The Labute approximate surface area is 194 Å². The first kappa shape index (κ1) is 22.3. The fourth-order valence-electron chi connectivity index (χ4n) is 2.91. The SMILES string of the molecule is Cc1cc(C(C#N)c2ccc(Cl)cc2)c(Cl)cc1NC(=O)Nc1ccc(Cl)cc1Cl. The summed E-state index contributed by atoms with van der Waals surface area (Å²) in [4.78, 5) is 12.4. The Hall–Kier alpha value is -2.42. The molecular formula is C22H15Cl4N3O. The monoisotopic (exact) mass is 477 g/mol. The molecule has 0 heterocycles. The molecule has 0 spiro atoms. The average Bonchev–Trinajstić information content (AvgIpc) is 2.69. The molecule has 0 aliphatic heterocycles. The number of nitrogens with one attached hydrogen (secondary N) is 2. The summed E-state index contributed by atoms with van der Waals surface area (Å²) in [5.74, 6) is -0.566. The summed E-state index contributed by atoms with van der Waals surface area (Å²) >= 11 is 24.3. The lowest BCUT2D eigenvalue weighted by Gasteiger charge is -2.16. The second-order valence-corrected chi connectivity index (χ2v) is 8.19. The van der Waals surface area contributed by atoms with Gasteiger partial charge in [0.1, 0.15) is 0 Å². The predicted molar refractivity (Wildman–Crippen MR) is 124 cm³/mol. The summed E-state index contributed by atoms with van der Waals surface area (Å²) in [7, 11) is 0. The van der Waals surface area contributed by atoms with Crippen molar-refractivity contribution in [2.75, 3.05) is 10.6 Å². The number of carbonyl (C=O) groups excluding carboxylic acids is 1. The van der Waals surface area contributed by atoms with Gasteiger partial charge in [0.05, 0.1) is 22.7 Å². The minimum absolute atomic E-state index is 0.322. The van der Waals surface area contributed by atoms with Crippen molar-refractivity contribution in [2.45, 2.75) is 12.8 Å². The topological polar surface area (TPSA) is 64.9 Å². The Morgan fingerprint density at radius 1 is 0.867 bits per heavy atom. The normalized spacial score (nSPS) is 11.5. The van der Waals surface area contributed by atoms with Gasteiger partial charge >= 0.3 is 6.03 Å². The number of nitrogens with zero attached hydrogens (tertiary/aromatic N) is 1. The molecule has 1 unspecified atom stereocenters. The zero-order chi connectivity index (χ0) is 21.8. The number of aryl methyl sites for hydroxylation is 1. The van der Waals surface area contributed by atoms with Gasteiger partial charge in [-0.2, -0.15) is 5.26 Å². The molecule has 0 bridgehead atoms. The van der Waals surface area contributed by atoms with Crippen molar-refractivity contribution < 1.29 is 4.79 Å². The minimum atomic E-state index is -0.566. The fraction of sp³-hybridized carbons (Fsp3) is 0.0909. The molecule has 3 aromatic carbocycles. The lowest BCUT2D eigenvalue weighted by atomic mass is 9.91. The smallest absolute Gasteiger partial charge is 0.307 e. The number of benzene rings is 3. The van der Waals surface area contributed by atoms with Gasteiger partial charge in [-0.25, -0.2) is 4.79 Å². The van der Waals surface area contributed by atoms with Gasteiger partial charge in [0, 0.05) is 20.8 Å². The summed E-state index contributed by atoms with van der Waals surface area (Å²) < 4.78 is 0. The zero-order valence-corrected chi connectivity index (χ0v) is 18.7. The van der Waals surface area contributed by atoms with Gasteiger partial charge in [-0.05, 0) is 60.0 Å². The van der Waals surface area contributed by atoms with Crippen molar-refractivity contribution in [3.63, 3.8) is 0 Å². The Balaban J connectivity index is 1.82. The van der Waals surface area contributed by atoms with E-state index in [0.717, 1.165) is 11.1 Å². The van der Waals surface area contributed by atoms with Crippen LogP contribution in [-0.4, -0.2) is 6.03 Å². The molecule has 0 aromatic heterocycles. The predicted octanol–water partition coefficient (Wildman–Crippen LogP) is 7.91. The maximum absolute atomic E-state index is 12.4. The molecule has 8 heteroatoms. The molecule has 0 saturated heterocycles. The quantitative estimate of drug-likeness (QED) is 0.400. The lowest BCUT2D eigenvalue weighted by molar-refractivity contribution is 0.262. The molecule has 0 saturated carbocycles. The molecule has 1 atom stereocenters. The van der Waals surface area contributed by atoms with E-state index >= 15 is 0 Å². The van der Waals surface area contributed by atoms with Gasteiger partial charge in [-0.3, -0.25) is 0 Å². The maximum atomic E-state index is 12.4. The van der Waals surface area contributed by atoms with Gasteiger partial charge in [0.15, 0.2) is 0 Å². The highest BCUT2D eigenvalue weighted by atomic mass is 35.5. The molecule has 3 rings (SSSR count). The molecule has 30 heavy (non-hydrogen) atoms. The van der Waals surface area contributed by atoms with Crippen LogP contribution in [0.1, 0.15) is 22.6 Å². The van der Waals surface area contributed by atoms with E-state index in [0.29, 0.717) is 37.0 Å². The van der Waals surface area contributed by atoms with Crippen LogP contribution in [0.25, 0.3) is 0 Å². The van der Waals surface area contributed by atoms with Crippen molar-refractivity contribution in [3.8, 4) is 6.07 Å². The summed E-state index contributed by atoms with van der Waals surface area (Å²) in [6.45, 7) is 1.82. The van der Waals surface area contributed by atoms with Crippen LogP contribution in [-0.2, 0) is 0 Å². The van der Waals surface area contributed by atoms with Crippen LogP contribution in [0.3, 0.4) is 0 Å². The third-order valence-corrected chi connectivity index (χ3v) is 5.54. The molecule has 4 nitrogen and oxygen atoms in total. The largest absolute Gasteiger partial charge is 0.323 e. The van der Waals surface area contributed by atoms with E-state index in [-0.39, 0.29) is 0 Å². The summed E-state index contributed by atoms with van der Waals surface area (Å²) in [5, 5.41) is 16.8. The number of hydrogen-bond donors (Lipinski definition) is 2. The number of hydrogen-bond acceptors (Lipinski definition) is 2. The molecular weight excluding hydrogens is 464 g/mol. The van der Waals surface area contributed by atoms with Gasteiger partial charge in [0.2, 0.25) is 0 Å². The van der Waals surface area contributed by atoms with Crippen molar-refractivity contribution in [1.29, 1.82) is 5.26 Å². The molecule has 0 fully saturated rings. The van der Waals surface area contributed by atoms with E-state index in [1.807, 2.05) is 6.92 Å².